The van der Waals surface area contributed by atoms with Crippen LogP contribution in [0.5, 0.6) is 5.75 Å². The molecule has 2 aromatic carbocycles. The molecule has 0 aliphatic carbocycles. The largest absolute Gasteiger partial charge is 0.491 e. The van der Waals surface area contributed by atoms with Crippen molar-refractivity contribution >= 4 is 5.97 Å². The highest BCUT2D eigenvalue weighted by Gasteiger charge is 2.10. The van der Waals surface area contributed by atoms with Crippen molar-refractivity contribution in [2.45, 2.75) is 26.4 Å². The molecule has 0 amide bonds. The fraction of sp³-hybridized carbons (Fsp3) is 0.261. The van der Waals surface area contributed by atoms with Crippen LogP contribution in [-0.4, -0.2) is 24.3 Å². The number of aryl methyl sites for hydroxylation is 1. The van der Waals surface area contributed by atoms with E-state index in [1.54, 1.807) is 6.92 Å². The third-order valence-electron chi connectivity index (χ3n) is 4.04. The third kappa shape index (κ3) is 6.12. The fourth-order valence-electron chi connectivity index (χ4n) is 2.63. The Morgan fingerprint density at radius 1 is 1.19 bits per heavy atom. The molecule has 0 aliphatic rings. The lowest BCUT2D eigenvalue weighted by molar-refractivity contribution is -0.140. The average molecular weight is 366 g/mol. The Bertz CT molecular complexity index is 791. The summed E-state index contributed by atoms with van der Waals surface area (Å²) in [5.41, 5.74) is 4.49. The number of allylic oxidation sites excluding steroid dienone is 1. The van der Waals surface area contributed by atoms with Crippen molar-refractivity contribution in [3.05, 3.63) is 78.4 Å². The second-order valence-electron chi connectivity index (χ2n) is 6.27. The zero-order valence-electron chi connectivity index (χ0n) is 15.7. The molecule has 0 heterocycles. The molecule has 0 atom stereocenters. The first-order valence-corrected chi connectivity index (χ1v) is 8.94. The van der Waals surface area contributed by atoms with Crippen LogP contribution in [0.25, 0.3) is 11.1 Å². The molecular weight excluding hydrogens is 340 g/mol. The Morgan fingerprint density at radius 2 is 1.93 bits per heavy atom. The second kappa shape index (κ2) is 10.3. The van der Waals surface area contributed by atoms with Crippen LogP contribution in [0.15, 0.2) is 67.3 Å². The molecule has 0 saturated heterocycles. The highest BCUT2D eigenvalue weighted by atomic mass is 16.5. The molecule has 0 bridgehead atoms. The first-order chi connectivity index (χ1) is 13.0. The maximum absolute atomic E-state index is 11.8. The lowest BCUT2D eigenvalue weighted by Crippen LogP contribution is -2.06. The van der Waals surface area contributed by atoms with Gasteiger partial charge in [-0.25, -0.2) is 4.79 Å². The molecule has 2 aromatic rings. The van der Waals surface area contributed by atoms with Crippen LogP contribution in [0.1, 0.15) is 24.5 Å². The van der Waals surface area contributed by atoms with E-state index in [2.05, 4.69) is 25.3 Å². The van der Waals surface area contributed by atoms with E-state index in [4.69, 9.17) is 14.6 Å². The topological polar surface area (TPSA) is 55.8 Å². The number of hydrogen-bond acceptors (Lipinski definition) is 4. The lowest BCUT2D eigenvalue weighted by atomic mass is 9.96. The first kappa shape index (κ1) is 20.5. The summed E-state index contributed by atoms with van der Waals surface area (Å²) in [6, 6.07) is 13.8. The van der Waals surface area contributed by atoms with Gasteiger partial charge in [-0.15, -0.1) is 6.58 Å². The molecule has 0 fully saturated rings. The van der Waals surface area contributed by atoms with Crippen LogP contribution >= 0.6 is 0 Å². The predicted octanol–water partition coefficient (Wildman–Crippen LogP) is 4.46. The van der Waals surface area contributed by atoms with Crippen molar-refractivity contribution in [3.8, 4) is 16.9 Å². The van der Waals surface area contributed by atoms with Crippen LogP contribution in [0.4, 0.5) is 0 Å². The minimum Gasteiger partial charge on any atom is -0.491 e. The van der Waals surface area contributed by atoms with Crippen molar-refractivity contribution in [2.24, 2.45) is 0 Å². The Labute approximate surface area is 160 Å². The van der Waals surface area contributed by atoms with Crippen molar-refractivity contribution in [3.63, 3.8) is 0 Å². The molecule has 27 heavy (non-hydrogen) atoms. The van der Waals surface area contributed by atoms with Gasteiger partial charge < -0.3 is 14.6 Å². The molecule has 0 aliphatic heterocycles. The summed E-state index contributed by atoms with van der Waals surface area (Å²) in [5, 5.41) is 8.85. The van der Waals surface area contributed by atoms with Crippen LogP contribution in [0.2, 0.25) is 0 Å². The Morgan fingerprint density at radius 3 is 2.56 bits per heavy atom. The van der Waals surface area contributed by atoms with E-state index < -0.39 is 5.97 Å². The molecule has 0 aromatic heterocycles. The smallest absolute Gasteiger partial charge is 0.333 e. The third-order valence-corrected chi connectivity index (χ3v) is 4.04. The highest BCUT2D eigenvalue weighted by molar-refractivity contribution is 5.87. The van der Waals surface area contributed by atoms with Gasteiger partial charge in [0.05, 0.1) is 6.61 Å². The maximum Gasteiger partial charge on any atom is 0.333 e. The van der Waals surface area contributed by atoms with E-state index >= 15 is 0 Å². The number of carbonyl (C=O) groups is 1. The molecule has 0 saturated carbocycles. The monoisotopic (exact) mass is 366 g/mol. The van der Waals surface area contributed by atoms with Gasteiger partial charge in [0.1, 0.15) is 19.0 Å². The summed E-state index contributed by atoms with van der Waals surface area (Å²) in [6.07, 6.45) is 3.67. The molecule has 1 N–H and O–H groups in total. The zero-order chi connectivity index (χ0) is 19.6. The molecule has 4 heteroatoms. The minimum atomic E-state index is -0.398. The van der Waals surface area contributed by atoms with Gasteiger partial charge in [-0.1, -0.05) is 43.0 Å². The molecular formula is C23H26O4. The number of carbonyl (C=O) groups excluding carboxylic acids is 1. The summed E-state index contributed by atoms with van der Waals surface area (Å²) < 4.78 is 10.8. The fourth-order valence-corrected chi connectivity index (χ4v) is 2.63. The van der Waals surface area contributed by atoms with Gasteiger partial charge in [0.25, 0.3) is 0 Å². The van der Waals surface area contributed by atoms with Crippen molar-refractivity contribution < 1.29 is 19.4 Å². The van der Waals surface area contributed by atoms with Gasteiger partial charge in [-0.3, -0.25) is 0 Å². The van der Waals surface area contributed by atoms with E-state index in [1.165, 1.54) is 5.56 Å². The van der Waals surface area contributed by atoms with Crippen LogP contribution in [0, 0.1) is 0 Å². The molecule has 4 nitrogen and oxygen atoms in total. The van der Waals surface area contributed by atoms with Crippen molar-refractivity contribution in [1.29, 1.82) is 0 Å². The first-order valence-electron chi connectivity index (χ1n) is 8.94. The van der Waals surface area contributed by atoms with Crippen LogP contribution in [-0.2, 0) is 22.6 Å². The minimum absolute atomic E-state index is 0.0217. The van der Waals surface area contributed by atoms with E-state index in [-0.39, 0.29) is 19.8 Å². The number of aliphatic hydroxyl groups excluding tert-OH is 1. The van der Waals surface area contributed by atoms with Gasteiger partial charge >= 0.3 is 5.97 Å². The number of hydrogen-bond donors (Lipinski definition) is 1. The van der Waals surface area contributed by atoms with Crippen molar-refractivity contribution in [2.75, 3.05) is 13.2 Å². The molecule has 0 unspecified atom stereocenters. The zero-order valence-corrected chi connectivity index (χ0v) is 15.7. The summed E-state index contributed by atoms with van der Waals surface area (Å²) >= 11 is 0. The molecule has 2 rings (SSSR count). The van der Waals surface area contributed by atoms with E-state index in [1.807, 2.05) is 36.4 Å². The van der Waals surface area contributed by atoms with E-state index in [0.717, 1.165) is 29.5 Å². The van der Waals surface area contributed by atoms with Gasteiger partial charge in [-0.05, 0) is 54.2 Å². The Balaban J connectivity index is 2.28. The molecule has 0 spiro atoms. The normalized spacial score (nSPS) is 10.3. The number of rotatable bonds is 10. The number of aliphatic hydroxyl groups is 1. The molecule has 142 valence electrons. The van der Waals surface area contributed by atoms with E-state index in [9.17, 15) is 4.79 Å². The van der Waals surface area contributed by atoms with Gasteiger partial charge in [0, 0.05) is 5.57 Å². The number of esters is 1. The predicted molar refractivity (Wildman–Crippen MR) is 108 cm³/mol. The van der Waals surface area contributed by atoms with Crippen LogP contribution in [0.3, 0.4) is 0 Å². The summed E-state index contributed by atoms with van der Waals surface area (Å²) in [6.45, 7) is 9.45. The highest BCUT2D eigenvalue weighted by Crippen LogP contribution is 2.28. The summed E-state index contributed by atoms with van der Waals surface area (Å²) in [7, 11) is 0. The van der Waals surface area contributed by atoms with Gasteiger partial charge in [-0.2, -0.15) is 0 Å². The Kier molecular flexibility index (Phi) is 7.83. The van der Waals surface area contributed by atoms with Crippen molar-refractivity contribution in [1.82, 2.24) is 0 Å². The van der Waals surface area contributed by atoms with Gasteiger partial charge in [0.2, 0.25) is 0 Å². The number of ether oxygens (including phenoxy) is 2. The van der Waals surface area contributed by atoms with Crippen LogP contribution < -0.4 is 4.74 Å². The quantitative estimate of drug-likeness (QED) is 0.383. The standard InChI is InChI=1S/C23H26O4/c1-4-5-6-18-7-12-22(20(15-18)16-27-23(25)17(2)3)19-8-10-21(11-9-19)26-14-13-24/h4,7-12,15,24H,1-2,5-6,13-14,16H2,3H3. The van der Waals surface area contributed by atoms with E-state index in [0.29, 0.717) is 11.3 Å². The number of benzene rings is 2. The SMILES string of the molecule is C=CCCc1ccc(-c2ccc(OCCO)cc2)c(COC(=O)C(=C)C)c1. The maximum atomic E-state index is 11.8. The lowest BCUT2D eigenvalue weighted by Gasteiger charge is -2.13. The average Bonchev–Trinajstić information content (AvgIpc) is 2.69. The summed E-state index contributed by atoms with van der Waals surface area (Å²) in [4.78, 5) is 11.8. The summed E-state index contributed by atoms with van der Waals surface area (Å²) in [5.74, 6) is 0.302. The van der Waals surface area contributed by atoms with Gasteiger partial charge in [0.15, 0.2) is 0 Å². The second-order valence-corrected chi connectivity index (χ2v) is 6.27. The molecule has 0 radical (unpaired) electrons. The Hall–Kier alpha value is -2.85.